The molecule has 32 heavy (non-hydrogen) atoms. The first-order valence-corrected chi connectivity index (χ1v) is 9.72. The van der Waals surface area contributed by atoms with Gasteiger partial charge in [-0.1, -0.05) is 39.5 Å². The molecule has 0 aliphatic rings. The molecule has 0 aliphatic heterocycles. The Labute approximate surface area is 175 Å². The first-order valence-electron chi connectivity index (χ1n) is 9.72. The maximum atomic E-state index is 13.7. The number of alkyl halides is 14. The highest BCUT2D eigenvalue weighted by Crippen LogP contribution is 2.61. The van der Waals surface area contributed by atoms with Crippen molar-refractivity contribution in [1.29, 1.82) is 0 Å². The van der Waals surface area contributed by atoms with E-state index in [0.29, 0.717) is 0 Å². The lowest BCUT2D eigenvalue weighted by Crippen LogP contribution is -2.71. The molecule has 0 aromatic carbocycles. The van der Waals surface area contributed by atoms with Gasteiger partial charge in [0.05, 0.1) is 6.42 Å². The van der Waals surface area contributed by atoms with Gasteiger partial charge in [0, 0.05) is 12.8 Å². The normalized spacial score (nSPS) is 15.4. The maximum absolute atomic E-state index is 13.7. The smallest absolute Gasteiger partial charge is 0.207 e. The van der Waals surface area contributed by atoms with Crippen molar-refractivity contribution in [3.8, 4) is 0 Å². The van der Waals surface area contributed by atoms with Crippen molar-refractivity contribution < 1.29 is 61.5 Å². The number of rotatable bonds is 15. The van der Waals surface area contributed by atoms with E-state index in [1.54, 1.807) is 0 Å². The van der Waals surface area contributed by atoms with Crippen molar-refractivity contribution in [2.75, 3.05) is 0 Å². The van der Waals surface area contributed by atoms with Gasteiger partial charge in [-0.15, -0.1) is 0 Å². The van der Waals surface area contributed by atoms with Crippen molar-refractivity contribution >= 4 is 0 Å². The Kier molecular flexibility index (Phi) is 9.80. The Morgan fingerprint density at radius 1 is 0.406 bits per heavy atom. The first kappa shape index (κ1) is 31.0. The van der Waals surface area contributed by atoms with E-state index in [2.05, 4.69) is 0 Å². The molecule has 0 aliphatic carbocycles. The number of unbranched alkanes of at least 4 members (excludes halogenated alkanes) is 4. The molecule has 0 N–H and O–H groups in total. The minimum absolute atomic E-state index is 0.00508. The van der Waals surface area contributed by atoms with Crippen LogP contribution in [-0.2, 0) is 0 Å². The predicted molar refractivity (Wildman–Crippen MR) is 87.5 cm³/mol. The summed E-state index contributed by atoms with van der Waals surface area (Å²) in [6.45, 7) is 2.86. The van der Waals surface area contributed by atoms with Gasteiger partial charge in [-0.05, 0) is 12.8 Å². The van der Waals surface area contributed by atoms with Crippen molar-refractivity contribution in [2.24, 2.45) is 0 Å². The minimum atomic E-state index is -7.80. The molecule has 0 amide bonds. The average Bonchev–Trinajstić information content (AvgIpc) is 2.60. The third kappa shape index (κ3) is 5.92. The summed E-state index contributed by atoms with van der Waals surface area (Å²) in [6, 6.07) is 0. The van der Waals surface area contributed by atoms with E-state index in [1.807, 2.05) is 0 Å². The van der Waals surface area contributed by atoms with Crippen molar-refractivity contribution in [1.82, 2.24) is 0 Å². The van der Waals surface area contributed by atoms with Crippen molar-refractivity contribution in [3.63, 3.8) is 0 Å². The molecular weight excluding hydrogens is 482 g/mol. The molecule has 0 nitrogen and oxygen atoms in total. The summed E-state index contributed by atoms with van der Waals surface area (Å²) < 4.78 is 191. The van der Waals surface area contributed by atoms with E-state index in [4.69, 9.17) is 0 Å². The summed E-state index contributed by atoms with van der Waals surface area (Å²) in [5, 5.41) is 0. The molecule has 0 aromatic rings. The third-order valence-electron chi connectivity index (χ3n) is 4.82. The summed E-state index contributed by atoms with van der Waals surface area (Å²) in [4.78, 5) is 0. The van der Waals surface area contributed by atoms with E-state index in [0.717, 1.165) is 0 Å². The highest BCUT2D eigenvalue weighted by Gasteiger charge is 2.90. The second-order valence-electron chi connectivity index (χ2n) is 7.65. The molecular formula is C18H24F14. The quantitative estimate of drug-likeness (QED) is 0.154. The van der Waals surface area contributed by atoms with Gasteiger partial charge in [0.1, 0.15) is 0 Å². The van der Waals surface area contributed by atoms with E-state index < -0.39 is 73.6 Å². The zero-order chi connectivity index (χ0) is 25.9. The van der Waals surface area contributed by atoms with Crippen LogP contribution < -0.4 is 0 Å². The highest BCUT2D eigenvalue weighted by molar-refractivity contribution is 5.12. The zero-order valence-corrected chi connectivity index (χ0v) is 17.2. The lowest BCUT2D eigenvalue weighted by molar-refractivity contribution is -0.428. The van der Waals surface area contributed by atoms with Crippen LogP contribution in [0.3, 0.4) is 0 Å². The van der Waals surface area contributed by atoms with Gasteiger partial charge in [0.25, 0.3) is 5.92 Å². The van der Waals surface area contributed by atoms with Crippen LogP contribution in [0.5, 0.6) is 0 Å². The van der Waals surface area contributed by atoms with E-state index >= 15 is 0 Å². The monoisotopic (exact) mass is 506 g/mol. The van der Waals surface area contributed by atoms with E-state index in [9.17, 15) is 61.5 Å². The lowest BCUT2D eigenvalue weighted by Gasteiger charge is -2.42. The Bertz CT molecular complexity index is 582. The predicted octanol–water partition coefficient (Wildman–Crippen LogP) is 8.98. The summed E-state index contributed by atoms with van der Waals surface area (Å²) in [5.74, 6) is -47.6. The Morgan fingerprint density at radius 2 is 0.750 bits per heavy atom. The fraction of sp³-hybridized carbons (Fsp3) is 1.00. The van der Waals surface area contributed by atoms with Gasteiger partial charge >= 0.3 is 35.5 Å². The van der Waals surface area contributed by atoms with Crippen LogP contribution in [0.15, 0.2) is 0 Å². The largest absolute Gasteiger partial charge is 0.384 e. The molecule has 0 unspecified atom stereocenters. The zero-order valence-electron chi connectivity index (χ0n) is 17.2. The molecule has 0 saturated carbocycles. The summed E-state index contributed by atoms with van der Waals surface area (Å²) >= 11 is 0. The number of hydrogen-bond acceptors (Lipinski definition) is 0. The molecule has 0 rings (SSSR count). The molecule has 0 atom stereocenters. The topological polar surface area (TPSA) is 0 Å². The van der Waals surface area contributed by atoms with Gasteiger partial charge in [-0.25, -0.2) is 8.78 Å². The van der Waals surface area contributed by atoms with Crippen LogP contribution in [0.25, 0.3) is 0 Å². The molecule has 0 saturated heterocycles. The standard InChI is InChI=1S/C18H24F14/c1-3-5-7-9-12(19,20)11-14(23,24)16(27,28)18(31,32)17(29,30)15(25,26)13(21,22)10-8-6-4-2/h3-11H2,1-2H3. The molecule has 0 radical (unpaired) electrons. The van der Waals surface area contributed by atoms with Gasteiger partial charge in [-0.2, -0.15) is 52.7 Å². The van der Waals surface area contributed by atoms with Gasteiger partial charge in [0.2, 0.25) is 0 Å². The first-order chi connectivity index (χ1) is 14.1. The van der Waals surface area contributed by atoms with Gasteiger partial charge in [-0.3, -0.25) is 0 Å². The fourth-order valence-electron chi connectivity index (χ4n) is 2.77. The molecule has 0 spiro atoms. The summed E-state index contributed by atoms with van der Waals surface area (Å²) in [7, 11) is 0. The van der Waals surface area contributed by atoms with Gasteiger partial charge in [0.15, 0.2) is 0 Å². The van der Waals surface area contributed by atoms with Crippen LogP contribution >= 0.6 is 0 Å². The fourth-order valence-corrected chi connectivity index (χ4v) is 2.77. The van der Waals surface area contributed by atoms with Crippen LogP contribution in [0.2, 0.25) is 0 Å². The van der Waals surface area contributed by atoms with Gasteiger partial charge < -0.3 is 0 Å². The van der Waals surface area contributed by atoms with E-state index in [-0.39, 0.29) is 25.7 Å². The molecule has 0 bridgehead atoms. The maximum Gasteiger partial charge on any atom is 0.384 e. The van der Waals surface area contributed by atoms with E-state index in [1.165, 1.54) is 13.8 Å². The lowest BCUT2D eigenvalue weighted by atomic mass is 9.87. The Hall–Kier alpha value is -0.980. The second kappa shape index (κ2) is 10.1. The van der Waals surface area contributed by atoms with Crippen LogP contribution in [0.1, 0.15) is 71.6 Å². The van der Waals surface area contributed by atoms with Crippen molar-refractivity contribution in [2.45, 2.75) is 113 Å². The molecule has 194 valence electrons. The third-order valence-corrected chi connectivity index (χ3v) is 4.82. The average molecular weight is 506 g/mol. The van der Waals surface area contributed by atoms with Crippen molar-refractivity contribution in [3.05, 3.63) is 0 Å². The highest BCUT2D eigenvalue weighted by atomic mass is 19.4. The Morgan fingerprint density at radius 3 is 1.12 bits per heavy atom. The molecule has 0 fully saturated rings. The summed E-state index contributed by atoms with van der Waals surface area (Å²) in [5.41, 5.74) is 0. The SMILES string of the molecule is CCCCCC(F)(F)CC(F)(F)C(F)(F)C(F)(F)C(F)(F)C(F)(F)C(F)(F)CCCCC. The Balaban J connectivity index is 6.04. The molecule has 0 heterocycles. The summed E-state index contributed by atoms with van der Waals surface area (Å²) in [6.07, 6.45) is -8.27. The van der Waals surface area contributed by atoms with Crippen LogP contribution in [-0.4, -0.2) is 41.5 Å². The second-order valence-corrected chi connectivity index (χ2v) is 7.65. The molecule has 0 aromatic heterocycles. The van der Waals surface area contributed by atoms with Crippen LogP contribution in [0, 0.1) is 0 Å². The molecule has 14 heteroatoms. The van der Waals surface area contributed by atoms with Crippen LogP contribution in [0.4, 0.5) is 61.5 Å². The number of halogens is 14. The minimum Gasteiger partial charge on any atom is -0.207 e. The number of hydrogen-bond donors (Lipinski definition) is 0.